The highest BCUT2D eigenvalue weighted by Crippen LogP contribution is 2.19. The van der Waals surface area contributed by atoms with E-state index in [0.29, 0.717) is 28.9 Å². The molecule has 4 N–H and O–H groups in total. The summed E-state index contributed by atoms with van der Waals surface area (Å²) in [6.45, 7) is 1.75. The molecule has 0 aliphatic rings. The highest BCUT2D eigenvalue weighted by Gasteiger charge is 2.13. The molecule has 0 spiro atoms. The predicted octanol–water partition coefficient (Wildman–Crippen LogP) is 2.97. The number of amides is 2. The molecule has 0 radical (unpaired) electrons. The molecule has 0 saturated heterocycles. The molecule has 1 heterocycles. The molecule has 3 aromatic rings. The Balaban J connectivity index is 1.64. The first-order valence-corrected chi connectivity index (χ1v) is 9.14. The van der Waals surface area contributed by atoms with Crippen molar-refractivity contribution in [3.8, 4) is 11.3 Å². The number of aliphatic hydroxyl groups excluding tert-OH is 1. The topological polar surface area (TPSA) is 107 Å². The summed E-state index contributed by atoms with van der Waals surface area (Å²) in [4.78, 5) is 24.5. The van der Waals surface area contributed by atoms with Crippen LogP contribution in [0.1, 0.15) is 34.2 Å². The summed E-state index contributed by atoms with van der Waals surface area (Å²) in [6, 6.07) is 13.5. The quantitative estimate of drug-likeness (QED) is 0.492. The predicted molar refractivity (Wildman–Crippen MR) is 107 cm³/mol. The Morgan fingerprint density at radius 1 is 1.10 bits per heavy atom. The molecule has 1 aromatic heterocycles. The summed E-state index contributed by atoms with van der Waals surface area (Å²) in [7, 11) is 0. The third-order valence-electron chi connectivity index (χ3n) is 4.42. The molecule has 8 heteroatoms. The number of rotatable bonds is 7. The molecule has 7 nitrogen and oxygen atoms in total. The van der Waals surface area contributed by atoms with E-state index in [9.17, 15) is 19.1 Å². The van der Waals surface area contributed by atoms with Crippen LogP contribution in [0.5, 0.6) is 0 Å². The summed E-state index contributed by atoms with van der Waals surface area (Å²) >= 11 is 0. The van der Waals surface area contributed by atoms with Crippen LogP contribution in [0.4, 0.5) is 10.1 Å². The first kappa shape index (κ1) is 20.2. The largest absolute Gasteiger partial charge is 0.394 e. The molecule has 150 valence electrons. The minimum atomic E-state index is -0.394. The zero-order valence-electron chi connectivity index (χ0n) is 15.8. The molecule has 0 saturated carbocycles. The second-order valence-electron chi connectivity index (χ2n) is 6.47. The number of carbonyl (C=O) groups excluding carboxylic acids is 2. The average molecular weight is 396 g/mol. The van der Waals surface area contributed by atoms with Crippen LogP contribution in [0.3, 0.4) is 0 Å². The van der Waals surface area contributed by atoms with Gasteiger partial charge in [0.15, 0.2) is 0 Å². The highest BCUT2D eigenvalue weighted by atomic mass is 19.1. The minimum absolute atomic E-state index is 0.125. The molecule has 3 rings (SSSR count). The first-order valence-electron chi connectivity index (χ1n) is 9.14. The number of carbonyl (C=O) groups is 2. The molecule has 2 aromatic carbocycles. The SMILES string of the molecule is CC[C@@H](CO)NC(=O)c1ccc(NC(=O)c2cc(-c3ccc(F)cc3)n[nH]2)cc1. The maximum Gasteiger partial charge on any atom is 0.273 e. The fraction of sp³-hybridized carbons (Fsp3) is 0.190. The van der Waals surface area contributed by atoms with E-state index in [1.165, 1.54) is 12.1 Å². The van der Waals surface area contributed by atoms with Crippen molar-refractivity contribution < 1.29 is 19.1 Å². The second kappa shape index (κ2) is 9.11. The Hall–Kier alpha value is -3.52. The minimum Gasteiger partial charge on any atom is -0.394 e. The van der Waals surface area contributed by atoms with Crippen LogP contribution in [0.25, 0.3) is 11.3 Å². The van der Waals surface area contributed by atoms with Crippen LogP contribution in [0.15, 0.2) is 54.6 Å². The molecule has 0 aliphatic carbocycles. The summed E-state index contributed by atoms with van der Waals surface area (Å²) in [6.07, 6.45) is 0.625. The number of aromatic amines is 1. The number of halogens is 1. The normalized spacial score (nSPS) is 11.7. The lowest BCUT2D eigenvalue weighted by molar-refractivity contribution is 0.0914. The highest BCUT2D eigenvalue weighted by molar-refractivity contribution is 6.03. The van der Waals surface area contributed by atoms with Crippen molar-refractivity contribution in [3.05, 3.63) is 71.7 Å². The fourth-order valence-electron chi connectivity index (χ4n) is 2.66. The Bertz CT molecular complexity index is 980. The Kier molecular flexibility index (Phi) is 6.36. The van der Waals surface area contributed by atoms with E-state index >= 15 is 0 Å². The number of aliphatic hydroxyl groups is 1. The third kappa shape index (κ3) is 5.05. The number of H-pyrrole nitrogens is 1. The van der Waals surface area contributed by atoms with E-state index in [2.05, 4.69) is 20.8 Å². The van der Waals surface area contributed by atoms with Crippen molar-refractivity contribution in [3.63, 3.8) is 0 Å². The summed E-state index contributed by atoms with van der Waals surface area (Å²) in [5.41, 5.74) is 2.40. The van der Waals surface area contributed by atoms with E-state index in [4.69, 9.17) is 0 Å². The maximum atomic E-state index is 13.0. The molecule has 0 unspecified atom stereocenters. The third-order valence-corrected chi connectivity index (χ3v) is 4.42. The molecule has 1 atom stereocenters. The Morgan fingerprint density at radius 2 is 1.79 bits per heavy atom. The van der Waals surface area contributed by atoms with Gasteiger partial charge in [0.25, 0.3) is 11.8 Å². The first-order chi connectivity index (χ1) is 14.0. The van der Waals surface area contributed by atoms with Gasteiger partial charge in [-0.05, 0) is 61.0 Å². The van der Waals surface area contributed by atoms with E-state index in [1.54, 1.807) is 42.5 Å². The second-order valence-corrected chi connectivity index (χ2v) is 6.47. The number of hydrogen-bond acceptors (Lipinski definition) is 4. The number of anilines is 1. The fourth-order valence-corrected chi connectivity index (χ4v) is 2.66. The molecule has 0 aliphatic heterocycles. The molecule has 29 heavy (non-hydrogen) atoms. The molecule has 2 amide bonds. The lowest BCUT2D eigenvalue weighted by Gasteiger charge is -2.14. The van der Waals surface area contributed by atoms with Gasteiger partial charge in [0, 0.05) is 16.8 Å². The number of nitrogens with one attached hydrogen (secondary N) is 3. The van der Waals surface area contributed by atoms with Crippen molar-refractivity contribution in [2.24, 2.45) is 0 Å². The van der Waals surface area contributed by atoms with Crippen LogP contribution in [0.2, 0.25) is 0 Å². The van der Waals surface area contributed by atoms with Crippen molar-refractivity contribution in [2.45, 2.75) is 19.4 Å². The maximum absolute atomic E-state index is 13.0. The molecule has 0 fully saturated rings. The monoisotopic (exact) mass is 396 g/mol. The lowest BCUT2D eigenvalue weighted by Crippen LogP contribution is -2.36. The number of nitrogens with zero attached hydrogens (tertiary/aromatic N) is 1. The molecular weight excluding hydrogens is 375 g/mol. The number of hydrogen-bond donors (Lipinski definition) is 4. The van der Waals surface area contributed by atoms with Gasteiger partial charge in [-0.2, -0.15) is 5.10 Å². The van der Waals surface area contributed by atoms with E-state index in [-0.39, 0.29) is 30.1 Å². The van der Waals surface area contributed by atoms with Gasteiger partial charge < -0.3 is 15.7 Å². The van der Waals surface area contributed by atoms with Crippen LogP contribution >= 0.6 is 0 Å². The van der Waals surface area contributed by atoms with Crippen molar-refractivity contribution in [2.75, 3.05) is 11.9 Å². The van der Waals surface area contributed by atoms with Gasteiger partial charge in [0.1, 0.15) is 11.5 Å². The number of benzene rings is 2. The summed E-state index contributed by atoms with van der Waals surface area (Å²) < 4.78 is 13.0. The van der Waals surface area contributed by atoms with Gasteiger partial charge in [-0.25, -0.2) is 4.39 Å². The van der Waals surface area contributed by atoms with Gasteiger partial charge in [-0.15, -0.1) is 0 Å². The van der Waals surface area contributed by atoms with Gasteiger partial charge >= 0.3 is 0 Å². The number of aromatic nitrogens is 2. The summed E-state index contributed by atoms with van der Waals surface area (Å²) in [5, 5.41) is 21.4. The smallest absolute Gasteiger partial charge is 0.273 e. The molecular formula is C21H21FN4O3. The zero-order chi connectivity index (χ0) is 20.8. The van der Waals surface area contributed by atoms with Crippen molar-refractivity contribution in [1.82, 2.24) is 15.5 Å². The van der Waals surface area contributed by atoms with Gasteiger partial charge in [0.2, 0.25) is 0 Å². The van der Waals surface area contributed by atoms with Gasteiger partial charge in [0.05, 0.1) is 18.3 Å². The lowest BCUT2D eigenvalue weighted by atomic mass is 10.1. The van der Waals surface area contributed by atoms with Crippen LogP contribution in [0, 0.1) is 5.82 Å². The Morgan fingerprint density at radius 3 is 2.41 bits per heavy atom. The van der Waals surface area contributed by atoms with Crippen LogP contribution in [-0.2, 0) is 0 Å². The molecule has 0 bridgehead atoms. The van der Waals surface area contributed by atoms with Crippen LogP contribution in [-0.4, -0.2) is 39.8 Å². The van der Waals surface area contributed by atoms with E-state index in [0.717, 1.165) is 0 Å². The summed E-state index contributed by atoms with van der Waals surface area (Å²) in [5.74, 6) is -1.03. The zero-order valence-corrected chi connectivity index (χ0v) is 15.8. The van der Waals surface area contributed by atoms with E-state index < -0.39 is 5.91 Å². The standard InChI is InChI=1S/C21H21FN4O3/c1-2-16(12-27)23-20(28)14-5-9-17(10-6-14)24-21(29)19-11-18(25-26-19)13-3-7-15(22)8-4-13/h3-11,16,27H,2,12H2,1H3,(H,23,28)(H,24,29)(H,25,26)/t16-/m0/s1. The van der Waals surface area contributed by atoms with E-state index in [1.807, 2.05) is 6.92 Å². The van der Waals surface area contributed by atoms with Gasteiger partial charge in [-0.1, -0.05) is 6.92 Å². The van der Waals surface area contributed by atoms with Crippen molar-refractivity contribution >= 4 is 17.5 Å². The van der Waals surface area contributed by atoms with Crippen LogP contribution < -0.4 is 10.6 Å². The average Bonchev–Trinajstić information content (AvgIpc) is 3.23. The Labute approximate surface area is 167 Å². The van der Waals surface area contributed by atoms with Gasteiger partial charge in [-0.3, -0.25) is 14.7 Å². The van der Waals surface area contributed by atoms with Crippen molar-refractivity contribution in [1.29, 1.82) is 0 Å².